The average Bonchev–Trinajstić information content (AvgIpc) is 3.96. The molecule has 7 aromatic rings. The van der Waals surface area contributed by atoms with Crippen LogP contribution in [0, 0.1) is 5.92 Å². The van der Waals surface area contributed by atoms with Gasteiger partial charge in [0, 0.05) is 53.6 Å². The molecule has 2 aliphatic heterocycles. The Morgan fingerprint density at radius 1 is 0.938 bits per heavy atom. The SMILES string of the molecule is CCc1c2c(nc3ccc(O)cc13)-c1cc3c(c(=O)n1C2)COC(=O)C3(CC)C(CC(=O)NCCn1ccc2cc(-n3c(O)nnc3-c3cc(C(C)C)c(O)cc3O)ccc21)C(=O)O. The zero-order chi connectivity index (χ0) is 45.4. The number of esters is 1. The van der Waals surface area contributed by atoms with Crippen LogP contribution in [0.4, 0.5) is 0 Å². The topological polar surface area (TPSA) is 244 Å². The summed E-state index contributed by atoms with van der Waals surface area (Å²) in [6.45, 7) is 7.67. The van der Waals surface area contributed by atoms with Crippen molar-refractivity contribution in [2.45, 2.75) is 78.0 Å². The standard InChI is InChI=1S/C47H45N7O10/c1-5-27-29-16-26(55)8-9-35(29)49-41-31(27)21-53-37(41)18-33-32(43(53)59)22-64-45(62)47(33,6-2)34(44(60)61)19-40(58)48-12-14-52-13-11-24-15-25(7-10-36(24)52)54-42(50-51-46(54)63)30-17-28(23(3)4)38(56)20-39(30)57/h7-11,13,15-18,20,23,34,55-57H,5-6,12,14,19,21-22H2,1-4H3,(H,48,58)(H,51,63)(H,60,61). The number of hydrogen-bond acceptors (Lipinski definition) is 12. The molecule has 0 bridgehead atoms. The van der Waals surface area contributed by atoms with Gasteiger partial charge in [-0.15, -0.1) is 5.10 Å². The number of pyridine rings is 2. The lowest BCUT2D eigenvalue weighted by molar-refractivity contribution is -0.165. The molecule has 0 aliphatic carbocycles. The highest BCUT2D eigenvalue weighted by Crippen LogP contribution is 2.46. The van der Waals surface area contributed by atoms with E-state index in [0.717, 1.165) is 27.4 Å². The molecule has 2 atom stereocenters. The number of phenolic OH excluding ortho intramolecular Hbond substituents is 3. The van der Waals surface area contributed by atoms with E-state index in [4.69, 9.17) is 9.72 Å². The number of aromatic nitrogens is 6. The normalized spacial score (nSPS) is 15.9. The number of carbonyl (C=O) groups is 3. The van der Waals surface area contributed by atoms with E-state index >= 15 is 0 Å². The van der Waals surface area contributed by atoms with Gasteiger partial charge in [0.15, 0.2) is 5.82 Å². The number of phenols is 3. The van der Waals surface area contributed by atoms with E-state index in [1.807, 2.05) is 43.7 Å². The van der Waals surface area contributed by atoms with Gasteiger partial charge < -0.3 is 44.7 Å². The number of benzene rings is 3. The molecule has 3 aromatic carbocycles. The molecule has 6 N–H and O–H groups in total. The first-order valence-corrected chi connectivity index (χ1v) is 21.0. The number of nitrogens with zero attached hydrogens (tertiary/aromatic N) is 6. The van der Waals surface area contributed by atoms with Crippen LogP contribution in [0.5, 0.6) is 23.3 Å². The summed E-state index contributed by atoms with van der Waals surface area (Å²) in [6, 6.07) is 16.2. The van der Waals surface area contributed by atoms with Crippen molar-refractivity contribution in [3.8, 4) is 51.7 Å². The summed E-state index contributed by atoms with van der Waals surface area (Å²) < 4.78 is 10.4. The summed E-state index contributed by atoms with van der Waals surface area (Å²) in [5, 5.41) is 65.1. The summed E-state index contributed by atoms with van der Waals surface area (Å²) >= 11 is 0. The lowest BCUT2D eigenvalue weighted by Gasteiger charge is -2.40. The monoisotopic (exact) mass is 867 g/mol. The smallest absolute Gasteiger partial charge is 0.319 e. The number of carboxylic acids is 1. The first kappa shape index (κ1) is 41.7. The number of cyclic esters (lactones) is 1. The van der Waals surface area contributed by atoms with Crippen molar-refractivity contribution < 1.29 is 44.7 Å². The number of nitrogens with one attached hydrogen (secondary N) is 1. The van der Waals surface area contributed by atoms with Crippen molar-refractivity contribution in [2.24, 2.45) is 5.92 Å². The summed E-state index contributed by atoms with van der Waals surface area (Å²) in [5.74, 6) is -4.54. The van der Waals surface area contributed by atoms with Gasteiger partial charge in [-0.05, 0) is 90.0 Å². The van der Waals surface area contributed by atoms with Gasteiger partial charge in [0.2, 0.25) is 5.91 Å². The van der Waals surface area contributed by atoms with Gasteiger partial charge in [-0.1, -0.05) is 32.8 Å². The number of amides is 1. The third kappa shape index (κ3) is 6.48. The van der Waals surface area contributed by atoms with Gasteiger partial charge in [0.1, 0.15) is 29.3 Å². The molecule has 6 heterocycles. The Morgan fingerprint density at radius 2 is 1.73 bits per heavy atom. The van der Waals surface area contributed by atoms with Crippen molar-refractivity contribution in [3.63, 3.8) is 0 Å². The Morgan fingerprint density at radius 3 is 2.47 bits per heavy atom. The Hall–Kier alpha value is -7.69. The fourth-order valence-corrected chi connectivity index (χ4v) is 9.66. The summed E-state index contributed by atoms with van der Waals surface area (Å²) in [6.07, 6.45) is 1.77. The lowest BCUT2D eigenvalue weighted by Crippen LogP contribution is -2.52. The van der Waals surface area contributed by atoms with Crippen molar-refractivity contribution in [3.05, 3.63) is 105 Å². The summed E-state index contributed by atoms with van der Waals surface area (Å²) in [4.78, 5) is 59.9. The van der Waals surface area contributed by atoms with E-state index in [9.17, 15) is 44.7 Å². The first-order valence-electron chi connectivity index (χ1n) is 21.0. The quantitative estimate of drug-likeness (QED) is 0.0803. The van der Waals surface area contributed by atoms with Gasteiger partial charge in [0.25, 0.3) is 5.56 Å². The van der Waals surface area contributed by atoms with Crippen LogP contribution in [0.25, 0.3) is 50.3 Å². The first-order chi connectivity index (χ1) is 30.7. The zero-order valence-corrected chi connectivity index (χ0v) is 35.4. The number of aryl methyl sites for hydroxylation is 1. The molecule has 17 heteroatoms. The fourth-order valence-electron chi connectivity index (χ4n) is 9.66. The third-order valence-corrected chi connectivity index (χ3v) is 12.9. The summed E-state index contributed by atoms with van der Waals surface area (Å²) in [5.41, 5.74) is 3.50. The van der Waals surface area contributed by atoms with Crippen LogP contribution in [-0.2, 0) is 50.7 Å². The highest BCUT2D eigenvalue weighted by Gasteiger charge is 2.55. The molecule has 0 fully saturated rings. The molecular formula is C47H45N7O10. The predicted molar refractivity (Wildman–Crippen MR) is 233 cm³/mol. The maximum atomic E-state index is 14.3. The highest BCUT2D eigenvalue weighted by atomic mass is 16.5. The number of hydrogen-bond donors (Lipinski definition) is 6. The van der Waals surface area contributed by atoms with E-state index in [1.54, 1.807) is 47.9 Å². The van der Waals surface area contributed by atoms with Crippen LogP contribution in [0.15, 0.2) is 71.7 Å². The van der Waals surface area contributed by atoms with Gasteiger partial charge in [0.05, 0.1) is 46.2 Å². The molecule has 328 valence electrons. The Labute approximate surface area is 364 Å². The van der Waals surface area contributed by atoms with Gasteiger partial charge in [-0.2, -0.15) is 0 Å². The molecule has 64 heavy (non-hydrogen) atoms. The van der Waals surface area contributed by atoms with Crippen LogP contribution >= 0.6 is 0 Å². The van der Waals surface area contributed by atoms with E-state index in [0.29, 0.717) is 41.1 Å². The molecule has 0 spiro atoms. The number of aromatic hydroxyl groups is 4. The maximum absolute atomic E-state index is 14.3. The largest absolute Gasteiger partial charge is 0.508 e. The number of aliphatic carboxylic acids is 1. The molecule has 1 amide bonds. The minimum atomic E-state index is -1.87. The predicted octanol–water partition coefficient (Wildman–Crippen LogP) is 5.75. The number of carboxylic acid groups (broad SMARTS) is 1. The molecule has 9 rings (SSSR count). The number of ether oxygens (including phenoxy) is 1. The summed E-state index contributed by atoms with van der Waals surface area (Å²) in [7, 11) is 0. The molecular weight excluding hydrogens is 823 g/mol. The van der Waals surface area contributed by atoms with Crippen LogP contribution in [0.2, 0.25) is 0 Å². The van der Waals surface area contributed by atoms with Crippen LogP contribution in [0.3, 0.4) is 0 Å². The highest BCUT2D eigenvalue weighted by molar-refractivity contribution is 5.95. The van der Waals surface area contributed by atoms with Crippen LogP contribution < -0.4 is 10.9 Å². The molecule has 17 nitrogen and oxygen atoms in total. The van der Waals surface area contributed by atoms with Gasteiger partial charge in [-0.25, -0.2) is 9.55 Å². The second-order valence-corrected chi connectivity index (χ2v) is 16.6. The Balaban J connectivity index is 0.962. The van der Waals surface area contributed by atoms with Crippen LogP contribution in [0.1, 0.15) is 74.3 Å². The van der Waals surface area contributed by atoms with E-state index in [2.05, 4.69) is 15.5 Å². The second-order valence-electron chi connectivity index (χ2n) is 16.6. The number of rotatable bonds is 12. The lowest BCUT2D eigenvalue weighted by atomic mass is 9.65. The van der Waals surface area contributed by atoms with Gasteiger partial charge >= 0.3 is 17.9 Å². The molecule has 2 aliphatic rings. The maximum Gasteiger partial charge on any atom is 0.319 e. The minimum absolute atomic E-state index is 0.0636. The van der Waals surface area contributed by atoms with Crippen molar-refractivity contribution in [2.75, 3.05) is 6.54 Å². The Bertz CT molecular complexity index is 3170. The average molecular weight is 868 g/mol. The third-order valence-electron chi connectivity index (χ3n) is 12.9. The molecule has 2 unspecified atom stereocenters. The second kappa shape index (κ2) is 15.6. The molecule has 4 aromatic heterocycles. The van der Waals surface area contributed by atoms with E-state index in [1.165, 1.54) is 16.7 Å². The Kier molecular flexibility index (Phi) is 10.1. The van der Waals surface area contributed by atoms with Crippen molar-refractivity contribution in [1.29, 1.82) is 0 Å². The van der Waals surface area contributed by atoms with Crippen molar-refractivity contribution >= 4 is 39.7 Å². The minimum Gasteiger partial charge on any atom is -0.508 e. The zero-order valence-electron chi connectivity index (χ0n) is 35.4. The molecule has 0 saturated heterocycles. The number of fused-ring (bicyclic) bond motifs is 6. The molecule has 0 saturated carbocycles. The number of carbonyl (C=O) groups excluding carboxylic acids is 2. The fraction of sp³-hybridized carbons (Fsp3) is 0.298. The van der Waals surface area contributed by atoms with Gasteiger partial charge in [-0.3, -0.25) is 19.2 Å². The van der Waals surface area contributed by atoms with E-state index < -0.39 is 47.2 Å². The van der Waals surface area contributed by atoms with Crippen LogP contribution in [-0.4, -0.2) is 78.8 Å². The molecule has 0 radical (unpaired) electrons. The van der Waals surface area contributed by atoms with Crippen molar-refractivity contribution in [1.82, 2.24) is 34.2 Å². The van der Waals surface area contributed by atoms with E-state index in [-0.39, 0.29) is 71.8 Å².